The topological polar surface area (TPSA) is 383 Å². The van der Waals surface area contributed by atoms with E-state index in [0.717, 1.165) is 0 Å². The summed E-state index contributed by atoms with van der Waals surface area (Å²) in [6.07, 6.45) is -42.9. The highest BCUT2D eigenvalue weighted by atomic mass is 16.8. The highest BCUT2D eigenvalue weighted by Gasteiger charge is 2.56. The first kappa shape index (κ1) is 57.2. The molecular weight excluding hydrogens is 932 g/mol. The molecule has 6 rings (SSSR count). The van der Waals surface area contributed by atoms with E-state index in [9.17, 15) is 66.4 Å². The van der Waals surface area contributed by atoms with Gasteiger partial charge in [0.1, 0.15) is 116 Å². The van der Waals surface area contributed by atoms with Crippen LogP contribution in [0.25, 0.3) is 0 Å². The summed E-state index contributed by atoms with van der Waals surface area (Å²) >= 11 is 0. The summed E-state index contributed by atoms with van der Waals surface area (Å²) in [7, 11) is 2.57. The number of aliphatic hydroxyl groups excluding tert-OH is 13. The molecule has 30 unspecified atom stereocenters. The fourth-order valence-corrected chi connectivity index (χ4v) is 9.79. The van der Waals surface area contributed by atoms with Crippen LogP contribution < -0.4 is 0 Å². The molecule has 0 spiro atoms. The standard InChI is InChI=1S/C43H76O26/c1-8-14-20(44)21(45)27(51)39(60-14)59-13-19-37(23(47)28(52)38(58-7)65-19)69-43-32(56)26(50)36(18(12-5)64-43)68-42-31(55)25(49)35(17(11-4)63-42)67-41-30(54)24(48)34(16(10-3)62-41)66-40-29(53)22(46)33(57-6)15(9-2)61-40/h14-56H,8-13H2,1-7H3. The summed E-state index contributed by atoms with van der Waals surface area (Å²) in [5, 5.41) is 143. The Morgan fingerprint density at radius 2 is 0.551 bits per heavy atom. The fraction of sp³-hybridized carbons (Fsp3) is 1.00. The lowest BCUT2D eigenvalue weighted by Crippen LogP contribution is -2.67. The molecule has 0 saturated carbocycles. The second-order valence-electron chi connectivity index (χ2n) is 18.3. The van der Waals surface area contributed by atoms with Gasteiger partial charge in [0, 0.05) is 14.2 Å². The third-order valence-electron chi connectivity index (χ3n) is 14.0. The molecule has 69 heavy (non-hydrogen) atoms. The highest BCUT2D eigenvalue weighted by Crippen LogP contribution is 2.38. The molecule has 0 amide bonds. The molecule has 26 nitrogen and oxygen atoms in total. The monoisotopic (exact) mass is 1010 g/mol. The van der Waals surface area contributed by atoms with Crippen LogP contribution in [0.15, 0.2) is 0 Å². The van der Waals surface area contributed by atoms with Gasteiger partial charge in [0.05, 0.1) is 37.1 Å². The number of aliphatic hydroxyl groups is 13. The quantitative estimate of drug-likeness (QED) is 0.0608. The zero-order chi connectivity index (χ0) is 50.8. The maximum atomic E-state index is 11.5. The maximum absolute atomic E-state index is 11.5. The van der Waals surface area contributed by atoms with Gasteiger partial charge in [0.2, 0.25) is 0 Å². The molecule has 0 aliphatic carbocycles. The van der Waals surface area contributed by atoms with Crippen LogP contribution in [0.4, 0.5) is 0 Å². The fourth-order valence-electron chi connectivity index (χ4n) is 9.79. The first-order valence-corrected chi connectivity index (χ1v) is 23.9. The second-order valence-corrected chi connectivity index (χ2v) is 18.3. The Bertz CT molecular complexity index is 1530. The van der Waals surface area contributed by atoms with E-state index in [1.807, 2.05) is 0 Å². The van der Waals surface area contributed by atoms with Crippen molar-refractivity contribution in [1.29, 1.82) is 0 Å². The minimum absolute atomic E-state index is 0.0960. The summed E-state index contributed by atoms with van der Waals surface area (Å²) < 4.78 is 75.7. The third-order valence-corrected chi connectivity index (χ3v) is 14.0. The molecule has 0 radical (unpaired) electrons. The Balaban J connectivity index is 1.09. The van der Waals surface area contributed by atoms with E-state index >= 15 is 0 Å². The molecule has 26 heteroatoms. The molecule has 0 aromatic heterocycles. The zero-order valence-electron chi connectivity index (χ0n) is 39.7. The molecule has 0 bridgehead atoms. The van der Waals surface area contributed by atoms with Crippen LogP contribution in [0.1, 0.15) is 66.7 Å². The number of rotatable bonds is 18. The lowest BCUT2D eigenvalue weighted by molar-refractivity contribution is -0.391. The van der Waals surface area contributed by atoms with Crippen LogP contribution in [0.3, 0.4) is 0 Å². The Labute approximate surface area is 399 Å². The molecule has 6 aliphatic rings. The SMILES string of the molecule is CCC1OC(OCC2OC(OC)C(O)C(O)C2OC2OC(CC)C(OC3OC(CC)C(OC4OC(CC)C(OC5OC(CC)C(OC)C(O)C5O)C(O)C4O)C(O)C3O)C(O)C2O)C(O)C(O)C1O. The van der Waals surface area contributed by atoms with Gasteiger partial charge in [0.25, 0.3) is 0 Å². The minimum Gasteiger partial charge on any atom is -0.388 e. The third kappa shape index (κ3) is 11.9. The van der Waals surface area contributed by atoms with Gasteiger partial charge in [-0.05, 0) is 32.1 Å². The van der Waals surface area contributed by atoms with Gasteiger partial charge in [-0.25, -0.2) is 0 Å². The lowest BCUT2D eigenvalue weighted by Gasteiger charge is -2.50. The van der Waals surface area contributed by atoms with Gasteiger partial charge < -0.3 is 128 Å². The van der Waals surface area contributed by atoms with Crippen molar-refractivity contribution in [2.24, 2.45) is 0 Å². The van der Waals surface area contributed by atoms with Crippen molar-refractivity contribution in [2.75, 3.05) is 20.8 Å². The van der Waals surface area contributed by atoms with Gasteiger partial charge in [-0.2, -0.15) is 0 Å². The Morgan fingerprint density at radius 3 is 0.884 bits per heavy atom. The molecule has 30 atom stereocenters. The van der Waals surface area contributed by atoms with E-state index in [1.165, 1.54) is 14.2 Å². The predicted octanol–water partition coefficient (Wildman–Crippen LogP) is -5.70. The average Bonchev–Trinajstić information content (AvgIpc) is 3.34. The Morgan fingerprint density at radius 1 is 0.275 bits per heavy atom. The number of methoxy groups -OCH3 is 2. The van der Waals surface area contributed by atoms with Gasteiger partial charge in [-0.15, -0.1) is 0 Å². The van der Waals surface area contributed by atoms with Gasteiger partial charge in [-0.1, -0.05) is 34.6 Å². The van der Waals surface area contributed by atoms with E-state index in [0.29, 0.717) is 6.42 Å². The Kier molecular flexibility index (Phi) is 20.7. The van der Waals surface area contributed by atoms with Crippen LogP contribution in [0, 0.1) is 0 Å². The molecule has 13 N–H and O–H groups in total. The minimum atomic E-state index is -1.93. The predicted molar refractivity (Wildman–Crippen MR) is 225 cm³/mol. The highest BCUT2D eigenvalue weighted by molar-refractivity contribution is 4.99. The van der Waals surface area contributed by atoms with E-state index in [2.05, 4.69) is 0 Å². The average molecular weight is 1010 g/mol. The van der Waals surface area contributed by atoms with E-state index in [1.54, 1.807) is 34.6 Å². The Hall–Kier alpha value is -1.04. The smallest absolute Gasteiger partial charge is 0.187 e. The van der Waals surface area contributed by atoms with Gasteiger partial charge in [-0.3, -0.25) is 0 Å². The first-order chi connectivity index (χ1) is 32.8. The van der Waals surface area contributed by atoms with Crippen molar-refractivity contribution in [3.63, 3.8) is 0 Å². The van der Waals surface area contributed by atoms with Crippen LogP contribution in [-0.2, 0) is 61.6 Å². The van der Waals surface area contributed by atoms with Crippen LogP contribution >= 0.6 is 0 Å². The summed E-state index contributed by atoms with van der Waals surface area (Å²) in [5.74, 6) is 0. The summed E-state index contributed by atoms with van der Waals surface area (Å²) in [6.45, 7) is 7.97. The van der Waals surface area contributed by atoms with Crippen LogP contribution in [-0.4, -0.2) is 271 Å². The van der Waals surface area contributed by atoms with Crippen molar-refractivity contribution in [1.82, 2.24) is 0 Å². The largest absolute Gasteiger partial charge is 0.388 e. The molecule has 6 aliphatic heterocycles. The molecular formula is C43H76O26. The van der Waals surface area contributed by atoms with Gasteiger partial charge >= 0.3 is 0 Å². The summed E-state index contributed by atoms with van der Waals surface area (Å²) in [4.78, 5) is 0. The number of hydrogen-bond acceptors (Lipinski definition) is 26. The molecule has 6 fully saturated rings. The van der Waals surface area contributed by atoms with Crippen LogP contribution in [0.5, 0.6) is 0 Å². The van der Waals surface area contributed by atoms with Crippen molar-refractivity contribution >= 4 is 0 Å². The summed E-state index contributed by atoms with van der Waals surface area (Å²) in [5.41, 5.74) is 0. The van der Waals surface area contributed by atoms with Crippen molar-refractivity contribution in [3.05, 3.63) is 0 Å². The zero-order valence-corrected chi connectivity index (χ0v) is 39.7. The first-order valence-electron chi connectivity index (χ1n) is 23.9. The normalized spacial score (nSPS) is 52.2. The second kappa shape index (κ2) is 25.0. The molecule has 404 valence electrons. The van der Waals surface area contributed by atoms with Crippen LogP contribution in [0.2, 0.25) is 0 Å². The maximum Gasteiger partial charge on any atom is 0.187 e. The van der Waals surface area contributed by atoms with E-state index in [4.69, 9.17) is 61.6 Å². The molecule has 0 aromatic rings. The number of hydrogen-bond donors (Lipinski definition) is 13. The van der Waals surface area contributed by atoms with Crippen molar-refractivity contribution in [2.45, 2.75) is 251 Å². The van der Waals surface area contributed by atoms with E-state index < -0.39 is 191 Å². The van der Waals surface area contributed by atoms with Crippen molar-refractivity contribution in [3.8, 4) is 0 Å². The van der Waals surface area contributed by atoms with Gasteiger partial charge in [0.15, 0.2) is 37.7 Å². The molecule has 6 saturated heterocycles. The van der Waals surface area contributed by atoms with E-state index in [-0.39, 0.29) is 25.7 Å². The lowest BCUT2D eigenvalue weighted by atomic mass is 9.93. The summed E-state index contributed by atoms with van der Waals surface area (Å²) in [6, 6.07) is 0. The molecule has 0 aromatic carbocycles. The van der Waals surface area contributed by atoms with Crippen molar-refractivity contribution < 1.29 is 128 Å². The number of ether oxygens (including phenoxy) is 13. The molecule has 6 heterocycles.